The Labute approximate surface area is 187 Å². The highest BCUT2D eigenvalue weighted by Gasteiger charge is 2.29. The molecule has 0 aromatic heterocycles. The van der Waals surface area contributed by atoms with Gasteiger partial charge in [0.25, 0.3) is 5.91 Å². The van der Waals surface area contributed by atoms with Gasteiger partial charge < -0.3 is 25.2 Å². The van der Waals surface area contributed by atoms with Crippen LogP contribution in [0.2, 0.25) is 0 Å². The zero-order valence-corrected chi connectivity index (χ0v) is 18.2. The van der Waals surface area contributed by atoms with Crippen molar-refractivity contribution >= 4 is 34.8 Å². The smallest absolute Gasteiger partial charge is 0.254 e. The van der Waals surface area contributed by atoms with Crippen LogP contribution in [0.1, 0.15) is 23.2 Å². The number of nitrogens with zero attached hydrogens (tertiary/aromatic N) is 2. The number of morpholine rings is 1. The van der Waals surface area contributed by atoms with Crippen LogP contribution in [-0.4, -0.2) is 62.5 Å². The van der Waals surface area contributed by atoms with Crippen molar-refractivity contribution in [3.05, 3.63) is 54.1 Å². The summed E-state index contributed by atoms with van der Waals surface area (Å²) in [6.07, 6.45) is 1.88. The monoisotopic (exact) mass is 436 g/mol. The fourth-order valence-electron chi connectivity index (χ4n) is 3.57. The first-order valence-corrected chi connectivity index (χ1v) is 10.9. The number of rotatable bonds is 7. The number of ether oxygens (including phenoxy) is 1. The lowest BCUT2D eigenvalue weighted by molar-refractivity contribution is -0.117. The fourth-order valence-corrected chi connectivity index (χ4v) is 3.57. The summed E-state index contributed by atoms with van der Waals surface area (Å²) in [5, 5.41) is 5.68. The minimum Gasteiger partial charge on any atom is -0.378 e. The second-order valence-electron chi connectivity index (χ2n) is 8.20. The summed E-state index contributed by atoms with van der Waals surface area (Å²) in [7, 11) is 1.59. The van der Waals surface area contributed by atoms with Crippen LogP contribution in [0.4, 0.5) is 17.1 Å². The predicted molar refractivity (Wildman–Crippen MR) is 123 cm³/mol. The molecule has 0 radical (unpaired) electrons. The standard InChI is InChI=1S/C24H28N4O4/c1-27(24(31)18-4-6-20(7-5-18)26-23(30)17-2-3-17)16-22(29)25-19-8-10-21(11-9-19)28-12-14-32-15-13-28/h4-11,17H,2-3,12-16H2,1H3,(H,25,29)(H,26,30). The molecule has 2 aliphatic rings. The second kappa shape index (κ2) is 9.82. The van der Waals surface area contributed by atoms with Gasteiger partial charge in [0.1, 0.15) is 0 Å². The Hall–Kier alpha value is -3.39. The summed E-state index contributed by atoms with van der Waals surface area (Å²) >= 11 is 0. The van der Waals surface area contributed by atoms with Crippen LogP contribution < -0.4 is 15.5 Å². The molecule has 1 saturated carbocycles. The molecule has 2 aromatic rings. The molecule has 1 heterocycles. The van der Waals surface area contributed by atoms with Crippen LogP contribution in [0, 0.1) is 5.92 Å². The van der Waals surface area contributed by atoms with Gasteiger partial charge in [0, 0.05) is 48.7 Å². The van der Waals surface area contributed by atoms with Gasteiger partial charge in [-0.15, -0.1) is 0 Å². The van der Waals surface area contributed by atoms with Crippen LogP contribution in [0.25, 0.3) is 0 Å². The Morgan fingerprint density at radius 2 is 1.53 bits per heavy atom. The van der Waals surface area contributed by atoms with E-state index in [0.717, 1.165) is 44.8 Å². The molecule has 2 N–H and O–H groups in total. The maximum Gasteiger partial charge on any atom is 0.254 e. The van der Waals surface area contributed by atoms with Crippen molar-refractivity contribution in [2.45, 2.75) is 12.8 Å². The van der Waals surface area contributed by atoms with E-state index in [1.807, 2.05) is 24.3 Å². The number of likely N-dealkylation sites (N-methyl/N-ethyl adjacent to an activating group) is 1. The molecule has 0 atom stereocenters. The van der Waals surface area contributed by atoms with Crippen molar-refractivity contribution in [2.24, 2.45) is 5.92 Å². The minimum absolute atomic E-state index is 0.0239. The summed E-state index contributed by atoms with van der Waals surface area (Å²) in [6, 6.07) is 14.4. The largest absolute Gasteiger partial charge is 0.378 e. The van der Waals surface area contributed by atoms with E-state index in [1.165, 1.54) is 4.90 Å². The molecule has 32 heavy (non-hydrogen) atoms. The SMILES string of the molecule is CN(CC(=O)Nc1ccc(N2CCOCC2)cc1)C(=O)c1ccc(NC(=O)C2CC2)cc1. The molecule has 1 aliphatic heterocycles. The highest BCUT2D eigenvalue weighted by molar-refractivity contribution is 6.00. The van der Waals surface area contributed by atoms with Crippen molar-refractivity contribution < 1.29 is 19.1 Å². The number of benzene rings is 2. The fraction of sp³-hybridized carbons (Fsp3) is 0.375. The third-order valence-corrected chi connectivity index (χ3v) is 5.60. The number of amides is 3. The highest BCUT2D eigenvalue weighted by atomic mass is 16.5. The molecule has 0 spiro atoms. The van der Waals surface area contributed by atoms with Gasteiger partial charge in [-0.1, -0.05) is 0 Å². The molecule has 2 fully saturated rings. The van der Waals surface area contributed by atoms with Crippen LogP contribution in [0.15, 0.2) is 48.5 Å². The number of hydrogen-bond acceptors (Lipinski definition) is 5. The van der Waals surface area contributed by atoms with Crippen molar-refractivity contribution in [3.8, 4) is 0 Å². The van der Waals surface area contributed by atoms with E-state index in [9.17, 15) is 14.4 Å². The first kappa shape index (κ1) is 21.8. The lowest BCUT2D eigenvalue weighted by Crippen LogP contribution is -2.36. The van der Waals surface area contributed by atoms with Gasteiger partial charge in [-0.25, -0.2) is 0 Å². The topological polar surface area (TPSA) is 91.0 Å². The summed E-state index contributed by atoms with van der Waals surface area (Å²) in [6.45, 7) is 3.08. The third kappa shape index (κ3) is 5.64. The quantitative estimate of drug-likeness (QED) is 0.696. The average Bonchev–Trinajstić information content (AvgIpc) is 3.66. The average molecular weight is 437 g/mol. The molecule has 2 aromatic carbocycles. The zero-order chi connectivity index (χ0) is 22.5. The first-order chi connectivity index (χ1) is 15.5. The lowest BCUT2D eigenvalue weighted by Gasteiger charge is -2.28. The summed E-state index contributed by atoms with van der Waals surface area (Å²) in [5.74, 6) is -0.386. The Balaban J connectivity index is 1.27. The van der Waals surface area contributed by atoms with Crippen LogP contribution in [0.3, 0.4) is 0 Å². The van der Waals surface area contributed by atoms with Crippen molar-refractivity contribution in [1.29, 1.82) is 0 Å². The third-order valence-electron chi connectivity index (χ3n) is 5.60. The van der Waals surface area contributed by atoms with Crippen LogP contribution >= 0.6 is 0 Å². The highest BCUT2D eigenvalue weighted by Crippen LogP contribution is 2.30. The number of anilines is 3. The molecule has 1 aliphatic carbocycles. The van der Waals surface area contributed by atoms with E-state index < -0.39 is 0 Å². The van der Waals surface area contributed by atoms with E-state index in [-0.39, 0.29) is 30.2 Å². The van der Waals surface area contributed by atoms with Gasteiger partial charge in [0.05, 0.1) is 19.8 Å². The molecule has 4 rings (SSSR count). The van der Waals surface area contributed by atoms with Crippen LogP contribution in [-0.2, 0) is 14.3 Å². The zero-order valence-electron chi connectivity index (χ0n) is 18.2. The maximum absolute atomic E-state index is 12.6. The van der Waals surface area contributed by atoms with Gasteiger partial charge in [-0.3, -0.25) is 14.4 Å². The van der Waals surface area contributed by atoms with Crippen molar-refractivity contribution in [2.75, 3.05) is 55.4 Å². The number of nitrogens with one attached hydrogen (secondary N) is 2. The molecular formula is C24H28N4O4. The molecule has 3 amide bonds. The molecule has 8 nitrogen and oxygen atoms in total. The molecule has 1 saturated heterocycles. The molecular weight excluding hydrogens is 408 g/mol. The second-order valence-corrected chi connectivity index (χ2v) is 8.20. The van der Waals surface area contributed by atoms with Crippen molar-refractivity contribution in [3.63, 3.8) is 0 Å². The van der Waals surface area contributed by atoms with E-state index in [4.69, 9.17) is 4.74 Å². The Morgan fingerprint density at radius 1 is 0.938 bits per heavy atom. The number of carbonyl (C=O) groups excluding carboxylic acids is 3. The molecule has 0 unspecified atom stereocenters. The number of hydrogen-bond donors (Lipinski definition) is 2. The summed E-state index contributed by atoms with van der Waals surface area (Å²) in [4.78, 5) is 40.5. The van der Waals surface area contributed by atoms with E-state index in [1.54, 1.807) is 31.3 Å². The normalized spacial score (nSPS) is 15.7. The Kier molecular flexibility index (Phi) is 6.70. The molecule has 168 valence electrons. The van der Waals surface area contributed by atoms with Gasteiger partial charge in [0.2, 0.25) is 11.8 Å². The van der Waals surface area contributed by atoms with Crippen molar-refractivity contribution in [1.82, 2.24) is 4.90 Å². The first-order valence-electron chi connectivity index (χ1n) is 10.9. The summed E-state index contributed by atoms with van der Waals surface area (Å²) in [5.41, 5.74) is 2.90. The van der Waals surface area contributed by atoms with Crippen LogP contribution in [0.5, 0.6) is 0 Å². The minimum atomic E-state index is -0.270. The number of carbonyl (C=O) groups is 3. The van der Waals surface area contributed by atoms with Gasteiger partial charge >= 0.3 is 0 Å². The summed E-state index contributed by atoms with van der Waals surface area (Å²) < 4.78 is 5.37. The molecule has 0 bridgehead atoms. The van der Waals surface area contributed by atoms with E-state index >= 15 is 0 Å². The van der Waals surface area contributed by atoms with Gasteiger partial charge in [-0.2, -0.15) is 0 Å². The van der Waals surface area contributed by atoms with Gasteiger partial charge in [0.15, 0.2) is 0 Å². The van der Waals surface area contributed by atoms with E-state index in [2.05, 4.69) is 15.5 Å². The Morgan fingerprint density at radius 3 is 2.16 bits per heavy atom. The Bertz CT molecular complexity index is 964. The van der Waals surface area contributed by atoms with E-state index in [0.29, 0.717) is 16.9 Å². The molecule has 8 heteroatoms. The maximum atomic E-state index is 12.6. The predicted octanol–water partition coefficient (Wildman–Crippen LogP) is 2.58. The lowest BCUT2D eigenvalue weighted by atomic mass is 10.1. The van der Waals surface area contributed by atoms with Gasteiger partial charge in [-0.05, 0) is 61.4 Å².